The smallest absolute Gasteiger partial charge is 0.160 e. The van der Waals surface area contributed by atoms with Crippen molar-refractivity contribution in [2.24, 2.45) is 0 Å². The van der Waals surface area contributed by atoms with Crippen LogP contribution in [0.2, 0.25) is 0 Å². The van der Waals surface area contributed by atoms with Gasteiger partial charge in [-0.3, -0.25) is 4.98 Å². The minimum Gasteiger partial charge on any atom is -0.309 e. The fourth-order valence-electron chi connectivity index (χ4n) is 6.67. The third-order valence-electron chi connectivity index (χ3n) is 9.17. The maximum absolute atomic E-state index is 5.13. The molecule has 9 rings (SSSR count). The number of benzene rings is 6. The van der Waals surface area contributed by atoms with Gasteiger partial charge < -0.3 is 4.57 Å². The Hall–Kier alpha value is -6.65. The van der Waals surface area contributed by atoms with Gasteiger partial charge in [0.15, 0.2) is 5.82 Å². The molecule has 0 N–H and O–H groups in total. The van der Waals surface area contributed by atoms with Gasteiger partial charge >= 0.3 is 0 Å². The van der Waals surface area contributed by atoms with Crippen LogP contribution < -0.4 is 0 Å². The van der Waals surface area contributed by atoms with E-state index in [4.69, 9.17) is 9.97 Å². The number of para-hydroxylation sites is 2. The molecular formula is C45H30N4. The molecule has 3 aromatic heterocycles. The number of pyridine rings is 1. The Morgan fingerprint density at radius 3 is 1.35 bits per heavy atom. The molecule has 0 aliphatic rings. The van der Waals surface area contributed by atoms with Gasteiger partial charge in [-0.2, -0.15) is 0 Å². The fourth-order valence-corrected chi connectivity index (χ4v) is 6.67. The van der Waals surface area contributed by atoms with Gasteiger partial charge in [-0.15, -0.1) is 0 Å². The van der Waals surface area contributed by atoms with E-state index < -0.39 is 0 Å². The van der Waals surface area contributed by atoms with Crippen LogP contribution in [0.5, 0.6) is 0 Å². The van der Waals surface area contributed by atoms with Gasteiger partial charge in [0, 0.05) is 45.5 Å². The summed E-state index contributed by atoms with van der Waals surface area (Å²) in [5.74, 6) is 0.687. The lowest BCUT2D eigenvalue weighted by Crippen LogP contribution is -1.97. The zero-order chi connectivity index (χ0) is 32.6. The molecule has 3 heterocycles. The summed E-state index contributed by atoms with van der Waals surface area (Å²) in [6.45, 7) is 0. The summed E-state index contributed by atoms with van der Waals surface area (Å²) in [6.07, 6.45) is 3.63. The molecule has 0 bridgehead atoms. The average Bonchev–Trinajstić information content (AvgIpc) is 3.53. The van der Waals surface area contributed by atoms with Crippen molar-refractivity contribution >= 4 is 21.8 Å². The number of rotatable bonds is 6. The summed E-state index contributed by atoms with van der Waals surface area (Å²) >= 11 is 0. The number of fused-ring (bicyclic) bond motifs is 3. The van der Waals surface area contributed by atoms with Crippen LogP contribution in [0.25, 0.3) is 83.6 Å². The van der Waals surface area contributed by atoms with Crippen molar-refractivity contribution in [2.45, 2.75) is 0 Å². The van der Waals surface area contributed by atoms with Gasteiger partial charge in [0.2, 0.25) is 0 Å². The van der Waals surface area contributed by atoms with Gasteiger partial charge in [-0.1, -0.05) is 127 Å². The van der Waals surface area contributed by atoms with Crippen molar-refractivity contribution < 1.29 is 0 Å². The molecule has 0 aliphatic heterocycles. The topological polar surface area (TPSA) is 43.6 Å². The van der Waals surface area contributed by atoms with Gasteiger partial charge in [0.1, 0.15) is 0 Å². The second kappa shape index (κ2) is 12.2. The Bertz CT molecular complexity index is 2400. The highest BCUT2D eigenvalue weighted by atomic mass is 15.0. The minimum atomic E-state index is 0.687. The Kier molecular flexibility index (Phi) is 7.10. The standard InChI is InChI=1S/C45H30N4/c1-2-8-31(9-3-1)32-14-18-35(19-15-32)41-30-42(48-45(47-41)37-20-16-33(17-21-37)34-26-28-46-29-27-34)36-22-24-38(25-23-36)49-43-12-6-4-10-39(43)40-11-5-7-13-44(40)49/h1-30H. The Labute approximate surface area is 284 Å². The highest BCUT2D eigenvalue weighted by Crippen LogP contribution is 2.34. The minimum absolute atomic E-state index is 0.687. The molecule has 0 spiro atoms. The summed E-state index contributed by atoms with van der Waals surface area (Å²) < 4.78 is 2.34. The Morgan fingerprint density at radius 1 is 0.347 bits per heavy atom. The van der Waals surface area contributed by atoms with Crippen LogP contribution in [-0.2, 0) is 0 Å². The fraction of sp³-hybridized carbons (Fsp3) is 0. The van der Waals surface area contributed by atoms with Crippen LogP contribution in [0, 0.1) is 0 Å². The summed E-state index contributed by atoms with van der Waals surface area (Å²) in [4.78, 5) is 14.4. The molecule has 0 unspecified atom stereocenters. The van der Waals surface area contributed by atoms with E-state index in [1.807, 2.05) is 30.6 Å². The van der Waals surface area contributed by atoms with Gasteiger partial charge in [0.05, 0.1) is 22.4 Å². The number of hydrogen-bond donors (Lipinski definition) is 0. The van der Waals surface area contributed by atoms with E-state index in [9.17, 15) is 0 Å². The molecule has 4 nitrogen and oxygen atoms in total. The Morgan fingerprint density at radius 2 is 0.776 bits per heavy atom. The van der Waals surface area contributed by atoms with Crippen LogP contribution >= 0.6 is 0 Å². The molecule has 0 fully saturated rings. The van der Waals surface area contributed by atoms with E-state index in [1.54, 1.807) is 0 Å². The van der Waals surface area contributed by atoms with Crippen LogP contribution in [0.15, 0.2) is 182 Å². The zero-order valence-electron chi connectivity index (χ0n) is 26.6. The average molecular weight is 627 g/mol. The molecule has 0 atom stereocenters. The van der Waals surface area contributed by atoms with Crippen LogP contribution in [0.1, 0.15) is 0 Å². The van der Waals surface area contributed by atoms with E-state index in [0.29, 0.717) is 5.82 Å². The van der Waals surface area contributed by atoms with E-state index in [1.165, 1.54) is 32.9 Å². The molecule has 0 saturated heterocycles. The first-order chi connectivity index (χ1) is 24.3. The number of nitrogens with zero attached hydrogens (tertiary/aromatic N) is 4. The first-order valence-corrected chi connectivity index (χ1v) is 16.4. The monoisotopic (exact) mass is 626 g/mol. The summed E-state index contributed by atoms with van der Waals surface area (Å²) in [7, 11) is 0. The van der Waals surface area contributed by atoms with Gasteiger partial charge in [-0.05, 0) is 64.7 Å². The van der Waals surface area contributed by atoms with E-state index >= 15 is 0 Å². The van der Waals surface area contributed by atoms with Crippen molar-refractivity contribution in [3.63, 3.8) is 0 Å². The lowest BCUT2D eigenvalue weighted by molar-refractivity contribution is 1.17. The lowest BCUT2D eigenvalue weighted by atomic mass is 10.0. The van der Waals surface area contributed by atoms with Crippen molar-refractivity contribution in [1.82, 2.24) is 19.5 Å². The number of aromatic nitrogens is 4. The SMILES string of the molecule is c1ccc(-c2ccc(-c3cc(-c4ccc(-n5c6ccccc6c6ccccc65)cc4)nc(-c4ccc(-c5ccncc5)cc4)n3)cc2)cc1. The molecule has 0 radical (unpaired) electrons. The molecule has 49 heavy (non-hydrogen) atoms. The van der Waals surface area contributed by atoms with Crippen molar-refractivity contribution in [3.8, 4) is 61.8 Å². The maximum Gasteiger partial charge on any atom is 0.160 e. The first-order valence-electron chi connectivity index (χ1n) is 16.4. The van der Waals surface area contributed by atoms with Crippen LogP contribution in [-0.4, -0.2) is 19.5 Å². The lowest BCUT2D eigenvalue weighted by Gasteiger charge is -2.12. The van der Waals surface area contributed by atoms with Gasteiger partial charge in [-0.25, -0.2) is 9.97 Å². The van der Waals surface area contributed by atoms with Gasteiger partial charge in [0.25, 0.3) is 0 Å². The second-order valence-electron chi connectivity index (χ2n) is 12.1. The molecular weight excluding hydrogens is 597 g/mol. The predicted octanol–water partition coefficient (Wildman–Crippen LogP) is 11.3. The Balaban J connectivity index is 1.13. The molecule has 6 aromatic carbocycles. The van der Waals surface area contributed by atoms with E-state index in [-0.39, 0.29) is 0 Å². The normalized spacial score (nSPS) is 11.3. The van der Waals surface area contributed by atoms with Crippen molar-refractivity contribution in [3.05, 3.63) is 182 Å². The molecule has 0 saturated carbocycles. The molecule has 9 aromatic rings. The quantitative estimate of drug-likeness (QED) is 0.184. The largest absolute Gasteiger partial charge is 0.309 e. The molecule has 0 aliphatic carbocycles. The summed E-state index contributed by atoms with van der Waals surface area (Å²) in [5, 5.41) is 2.50. The van der Waals surface area contributed by atoms with Crippen LogP contribution in [0.3, 0.4) is 0 Å². The highest BCUT2D eigenvalue weighted by molar-refractivity contribution is 6.09. The van der Waals surface area contributed by atoms with E-state index in [0.717, 1.165) is 44.9 Å². The molecule has 4 heteroatoms. The van der Waals surface area contributed by atoms with Crippen molar-refractivity contribution in [1.29, 1.82) is 0 Å². The molecule has 0 amide bonds. The third kappa shape index (κ3) is 5.35. The van der Waals surface area contributed by atoms with Crippen LogP contribution in [0.4, 0.5) is 0 Å². The first kappa shape index (κ1) is 28.6. The third-order valence-corrected chi connectivity index (χ3v) is 9.17. The predicted molar refractivity (Wildman–Crippen MR) is 201 cm³/mol. The highest BCUT2D eigenvalue weighted by Gasteiger charge is 2.14. The second-order valence-corrected chi connectivity index (χ2v) is 12.1. The maximum atomic E-state index is 5.13. The summed E-state index contributed by atoms with van der Waals surface area (Å²) in [5.41, 5.74) is 12.9. The zero-order valence-corrected chi connectivity index (χ0v) is 26.6. The summed E-state index contributed by atoms with van der Waals surface area (Å²) in [6, 6.07) is 59.5. The molecule has 230 valence electrons. The van der Waals surface area contributed by atoms with E-state index in [2.05, 4.69) is 161 Å². The van der Waals surface area contributed by atoms with Crippen molar-refractivity contribution in [2.75, 3.05) is 0 Å². The number of hydrogen-bond acceptors (Lipinski definition) is 3.